The van der Waals surface area contributed by atoms with E-state index >= 15 is 0 Å². The molecule has 0 aliphatic heterocycles. The van der Waals surface area contributed by atoms with E-state index in [1.54, 1.807) is 0 Å². The molecule has 3 aliphatic carbocycles. The van der Waals surface area contributed by atoms with Gasteiger partial charge in [0.1, 0.15) is 0 Å². The average Bonchev–Trinajstić information content (AvgIpc) is 3.27. The van der Waals surface area contributed by atoms with Crippen LogP contribution in [0.5, 0.6) is 0 Å². The van der Waals surface area contributed by atoms with Crippen molar-refractivity contribution in [1.82, 2.24) is 10.6 Å². The lowest BCUT2D eigenvalue weighted by Gasteiger charge is -2.29. The first-order chi connectivity index (χ1) is 11.1. The van der Waals surface area contributed by atoms with Gasteiger partial charge in [0.15, 0.2) is 0 Å². The average molecular weight is 321 g/mol. The third-order valence-electron chi connectivity index (χ3n) is 5.91. The van der Waals surface area contributed by atoms with Gasteiger partial charge in [-0.1, -0.05) is 12.8 Å². The topological polar surface area (TPSA) is 84.2 Å². The number of hydrogen-bond donors (Lipinski definition) is 3. The summed E-state index contributed by atoms with van der Waals surface area (Å²) in [5, 5.41) is 6.23. The summed E-state index contributed by atoms with van der Waals surface area (Å²) in [4.78, 5) is 24.4. The first-order valence-corrected chi connectivity index (χ1v) is 9.47. The minimum Gasteiger partial charge on any atom is -0.354 e. The van der Waals surface area contributed by atoms with Gasteiger partial charge in [-0.05, 0) is 57.3 Å². The van der Waals surface area contributed by atoms with Crippen LogP contribution < -0.4 is 16.4 Å². The van der Waals surface area contributed by atoms with E-state index in [-0.39, 0.29) is 35.7 Å². The molecule has 0 radical (unpaired) electrons. The van der Waals surface area contributed by atoms with E-state index in [1.807, 2.05) is 0 Å². The van der Waals surface area contributed by atoms with Crippen LogP contribution in [0, 0.1) is 17.8 Å². The predicted molar refractivity (Wildman–Crippen MR) is 89.6 cm³/mol. The molecule has 0 aromatic rings. The quantitative estimate of drug-likeness (QED) is 0.696. The Morgan fingerprint density at radius 1 is 0.870 bits per heavy atom. The van der Waals surface area contributed by atoms with Gasteiger partial charge in [0, 0.05) is 30.5 Å². The van der Waals surface area contributed by atoms with Gasteiger partial charge in [0.25, 0.3) is 0 Å². The fourth-order valence-electron chi connectivity index (χ4n) is 4.06. The van der Waals surface area contributed by atoms with Gasteiger partial charge >= 0.3 is 0 Å². The molecule has 1 unspecified atom stereocenters. The molecular weight excluding hydrogens is 290 g/mol. The number of amides is 2. The van der Waals surface area contributed by atoms with Gasteiger partial charge in [0.2, 0.25) is 11.8 Å². The predicted octanol–water partition coefficient (Wildman–Crippen LogP) is 1.71. The van der Waals surface area contributed by atoms with E-state index in [2.05, 4.69) is 10.6 Å². The summed E-state index contributed by atoms with van der Waals surface area (Å²) < 4.78 is 0. The van der Waals surface area contributed by atoms with Gasteiger partial charge in [-0.3, -0.25) is 9.59 Å². The number of carbonyl (C=O) groups is 2. The molecule has 1 atom stereocenters. The van der Waals surface area contributed by atoms with Crippen molar-refractivity contribution >= 4 is 11.8 Å². The molecule has 0 saturated heterocycles. The van der Waals surface area contributed by atoms with Crippen LogP contribution in [0.3, 0.4) is 0 Å². The highest BCUT2D eigenvalue weighted by atomic mass is 16.2. The van der Waals surface area contributed by atoms with Gasteiger partial charge in [0.05, 0.1) is 0 Å². The monoisotopic (exact) mass is 321 g/mol. The molecular formula is C18H31N3O2. The van der Waals surface area contributed by atoms with Crippen LogP contribution in [0.15, 0.2) is 0 Å². The normalized spacial score (nSPS) is 30.0. The van der Waals surface area contributed by atoms with Crippen LogP contribution in [0.25, 0.3) is 0 Å². The van der Waals surface area contributed by atoms with Gasteiger partial charge in [-0.2, -0.15) is 0 Å². The lowest BCUT2D eigenvalue weighted by atomic mass is 9.85. The number of rotatable bonds is 6. The second kappa shape index (κ2) is 7.65. The molecule has 5 nitrogen and oxygen atoms in total. The highest BCUT2D eigenvalue weighted by Crippen LogP contribution is 2.31. The van der Waals surface area contributed by atoms with Crippen LogP contribution in [-0.2, 0) is 9.59 Å². The van der Waals surface area contributed by atoms with Crippen molar-refractivity contribution in [3.8, 4) is 0 Å². The Kier molecular flexibility index (Phi) is 5.57. The first kappa shape index (κ1) is 16.7. The molecule has 0 aromatic carbocycles. The Labute approximate surface area is 139 Å². The number of hydrogen-bond acceptors (Lipinski definition) is 3. The molecule has 0 aromatic heterocycles. The number of carbonyl (C=O) groups excluding carboxylic acids is 2. The molecule has 3 fully saturated rings. The van der Waals surface area contributed by atoms with Crippen molar-refractivity contribution in [2.24, 2.45) is 23.5 Å². The summed E-state index contributed by atoms with van der Waals surface area (Å²) in [5.41, 5.74) is 6.03. The highest BCUT2D eigenvalue weighted by molar-refractivity contribution is 5.80. The zero-order valence-electron chi connectivity index (χ0n) is 14.1. The Hall–Kier alpha value is -1.10. The van der Waals surface area contributed by atoms with Gasteiger partial charge < -0.3 is 16.4 Å². The molecule has 3 rings (SSSR count). The minimum atomic E-state index is 0.0982. The summed E-state index contributed by atoms with van der Waals surface area (Å²) in [6.45, 7) is 0.613. The molecule has 4 N–H and O–H groups in total. The van der Waals surface area contributed by atoms with Crippen LogP contribution in [0.4, 0.5) is 0 Å². The van der Waals surface area contributed by atoms with Crippen LogP contribution in [0.2, 0.25) is 0 Å². The van der Waals surface area contributed by atoms with Gasteiger partial charge in [-0.25, -0.2) is 0 Å². The number of nitrogens with two attached hydrogens (primary N) is 1. The van der Waals surface area contributed by atoms with E-state index in [9.17, 15) is 9.59 Å². The standard InChI is InChI=1S/C18H31N3O2/c19-16(12-5-6-12)11-20-17(22)14-7-9-15(10-8-14)21-18(23)13-3-1-2-4-13/h12-16H,1-11,19H2,(H,20,22)(H,21,23). The summed E-state index contributed by atoms with van der Waals surface area (Å²) in [6.07, 6.45) is 10.5. The lowest BCUT2D eigenvalue weighted by Crippen LogP contribution is -2.44. The zero-order valence-corrected chi connectivity index (χ0v) is 14.1. The lowest BCUT2D eigenvalue weighted by molar-refractivity contribution is -0.126. The highest BCUT2D eigenvalue weighted by Gasteiger charge is 2.31. The van der Waals surface area contributed by atoms with Crippen molar-refractivity contribution in [2.75, 3.05) is 6.54 Å². The minimum absolute atomic E-state index is 0.0982. The molecule has 0 spiro atoms. The van der Waals surface area contributed by atoms with Crippen molar-refractivity contribution in [3.63, 3.8) is 0 Å². The Morgan fingerprint density at radius 2 is 1.48 bits per heavy atom. The smallest absolute Gasteiger partial charge is 0.223 e. The SMILES string of the molecule is NC(CNC(=O)C1CCC(NC(=O)C2CCCC2)CC1)C1CC1. The Morgan fingerprint density at radius 3 is 2.09 bits per heavy atom. The second-order valence-electron chi connectivity index (χ2n) is 7.78. The first-order valence-electron chi connectivity index (χ1n) is 9.47. The van der Waals surface area contributed by atoms with E-state index in [0.717, 1.165) is 38.5 Å². The summed E-state index contributed by atoms with van der Waals surface area (Å²) in [6, 6.07) is 0.391. The molecule has 3 saturated carbocycles. The summed E-state index contributed by atoms with van der Waals surface area (Å²) >= 11 is 0. The molecule has 0 bridgehead atoms. The van der Waals surface area contributed by atoms with Crippen LogP contribution in [0.1, 0.15) is 64.2 Å². The van der Waals surface area contributed by atoms with Crippen molar-refractivity contribution in [1.29, 1.82) is 0 Å². The summed E-state index contributed by atoms with van der Waals surface area (Å²) in [5.74, 6) is 1.35. The number of nitrogens with one attached hydrogen (secondary N) is 2. The zero-order chi connectivity index (χ0) is 16.2. The van der Waals surface area contributed by atoms with Crippen molar-refractivity contribution in [3.05, 3.63) is 0 Å². The Bertz CT molecular complexity index is 422. The molecule has 3 aliphatic rings. The molecule has 0 heterocycles. The molecule has 130 valence electrons. The Balaban J connectivity index is 1.34. The third kappa shape index (κ3) is 4.69. The van der Waals surface area contributed by atoms with Crippen LogP contribution >= 0.6 is 0 Å². The molecule has 23 heavy (non-hydrogen) atoms. The maximum atomic E-state index is 12.2. The molecule has 5 heteroatoms. The van der Waals surface area contributed by atoms with E-state index < -0.39 is 0 Å². The van der Waals surface area contributed by atoms with Crippen molar-refractivity contribution in [2.45, 2.75) is 76.3 Å². The fourth-order valence-corrected chi connectivity index (χ4v) is 4.06. The molecule has 2 amide bonds. The van der Waals surface area contributed by atoms with E-state index in [4.69, 9.17) is 5.73 Å². The van der Waals surface area contributed by atoms with Crippen LogP contribution in [-0.4, -0.2) is 30.4 Å². The van der Waals surface area contributed by atoms with E-state index in [0.29, 0.717) is 12.5 Å². The maximum Gasteiger partial charge on any atom is 0.223 e. The third-order valence-corrected chi connectivity index (χ3v) is 5.91. The fraction of sp³-hybridized carbons (Fsp3) is 0.889. The van der Waals surface area contributed by atoms with Gasteiger partial charge in [-0.15, -0.1) is 0 Å². The summed E-state index contributed by atoms with van der Waals surface area (Å²) in [7, 11) is 0. The van der Waals surface area contributed by atoms with Crippen molar-refractivity contribution < 1.29 is 9.59 Å². The maximum absolute atomic E-state index is 12.2. The second-order valence-corrected chi connectivity index (χ2v) is 7.78. The van der Waals surface area contributed by atoms with E-state index in [1.165, 1.54) is 25.7 Å². The largest absolute Gasteiger partial charge is 0.354 e.